The van der Waals surface area contributed by atoms with Crippen LogP contribution in [-0.2, 0) is 13.1 Å². The van der Waals surface area contributed by atoms with Gasteiger partial charge in [0.05, 0.1) is 10.7 Å². The van der Waals surface area contributed by atoms with Crippen LogP contribution in [0.4, 0.5) is 0 Å². The molecule has 2 aromatic rings. The molecule has 2 rings (SSSR count). The van der Waals surface area contributed by atoms with Crippen molar-refractivity contribution in [2.24, 2.45) is 0 Å². The lowest BCUT2D eigenvalue weighted by atomic mass is 10.2. The van der Waals surface area contributed by atoms with E-state index in [2.05, 4.69) is 15.7 Å². The molecule has 0 aliphatic carbocycles. The molecule has 0 aliphatic rings. The van der Waals surface area contributed by atoms with Gasteiger partial charge in [0, 0.05) is 30.9 Å². The van der Waals surface area contributed by atoms with Crippen molar-refractivity contribution in [3.8, 4) is 0 Å². The molecule has 0 bridgehead atoms. The van der Waals surface area contributed by atoms with Gasteiger partial charge in [-0.25, -0.2) is 0 Å². The van der Waals surface area contributed by atoms with Crippen molar-refractivity contribution in [2.75, 3.05) is 6.54 Å². The van der Waals surface area contributed by atoms with Crippen LogP contribution < -0.4 is 10.6 Å². The molecule has 1 aromatic carbocycles. The number of nitrogens with one attached hydrogen (secondary N) is 2. The van der Waals surface area contributed by atoms with Gasteiger partial charge in [-0.3, -0.25) is 4.68 Å². The lowest BCUT2D eigenvalue weighted by Gasteiger charge is -2.10. The van der Waals surface area contributed by atoms with E-state index in [4.69, 9.17) is 35.4 Å². The molecule has 0 fully saturated rings. The maximum absolute atomic E-state index is 5.96. The summed E-state index contributed by atoms with van der Waals surface area (Å²) in [5, 5.41) is 12.7. The van der Waals surface area contributed by atoms with Crippen LogP contribution in [0.2, 0.25) is 10.0 Å². The van der Waals surface area contributed by atoms with Crippen LogP contribution in [0, 0.1) is 6.92 Å². The first-order chi connectivity index (χ1) is 10.5. The Bertz CT molecular complexity index is 605. The molecular weight excluding hydrogens is 339 g/mol. The van der Waals surface area contributed by atoms with E-state index in [1.54, 1.807) is 0 Å². The molecule has 0 unspecified atom stereocenters. The van der Waals surface area contributed by atoms with Crippen LogP contribution in [-0.4, -0.2) is 21.4 Å². The summed E-state index contributed by atoms with van der Waals surface area (Å²) in [6.45, 7) is 4.16. The SMILES string of the molecule is Cc1nn(CCCNC(=S)NCc2ccc(Cl)cc2)cc1Cl. The van der Waals surface area contributed by atoms with Crippen molar-refractivity contribution in [2.45, 2.75) is 26.4 Å². The highest BCUT2D eigenvalue weighted by atomic mass is 35.5. The molecular formula is C15H18Cl2N4S. The normalized spacial score (nSPS) is 10.5. The van der Waals surface area contributed by atoms with Crippen LogP contribution >= 0.6 is 35.4 Å². The molecule has 0 atom stereocenters. The minimum Gasteiger partial charge on any atom is -0.363 e. The summed E-state index contributed by atoms with van der Waals surface area (Å²) in [6.07, 6.45) is 2.76. The molecule has 0 amide bonds. The lowest BCUT2D eigenvalue weighted by Crippen LogP contribution is -2.35. The molecule has 0 radical (unpaired) electrons. The Kier molecular flexibility index (Phi) is 6.49. The Morgan fingerprint density at radius 1 is 1.23 bits per heavy atom. The zero-order valence-corrected chi connectivity index (χ0v) is 14.6. The zero-order chi connectivity index (χ0) is 15.9. The molecule has 2 N–H and O–H groups in total. The Balaban J connectivity index is 1.62. The first-order valence-corrected chi connectivity index (χ1v) is 8.17. The van der Waals surface area contributed by atoms with Gasteiger partial charge in [0.2, 0.25) is 0 Å². The third kappa shape index (κ3) is 5.48. The van der Waals surface area contributed by atoms with Crippen LogP contribution in [0.25, 0.3) is 0 Å². The van der Waals surface area contributed by atoms with Crippen LogP contribution in [0.5, 0.6) is 0 Å². The van der Waals surface area contributed by atoms with E-state index in [0.717, 1.165) is 35.8 Å². The van der Waals surface area contributed by atoms with Gasteiger partial charge in [0.15, 0.2) is 5.11 Å². The van der Waals surface area contributed by atoms with E-state index >= 15 is 0 Å². The van der Waals surface area contributed by atoms with E-state index in [1.165, 1.54) is 0 Å². The van der Waals surface area contributed by atoms with Crippen molar-refractivity contribution >= 4 is 40.5 Å². The number of aryl methyl sites for hydroxylation is 2. The third-order valence-electron chi connectivity index (χ3n) is 3.10. The van der Waals surface area contributed by atoms with Crippen molar-refractivity contribution < 1.29 is 0 Å². The molecule has 0 saturated carbocycles. The molecule has 0 saturated heterocycles. The highest BCUT2D eigenvalue weighted by Crippen LogP contribution is 2.12. The summed E-state index contributed by atoms with van der Waals surface area (Å²) in [4.78, 5) is 0. The second-order valence-corrected chi connectivity index (χ2v) is 6.17. The standard InChI is InChI=1S/C15H18Cl2N4S/c1-11-14(17)10-21(20-11)8-2-7-18-15(22)19-9-12-3-5-13(16)6-4-12/h3-6,10H,2,7-9H2,1H3,(H2,18,19,22). The van der Waals surface area contributed by atoms with E-state index in [0.29, 0.717) is 16.7 Å². The second-order valence-electron chi connectivity index (χ2n) is 4.91. The van der Waals surface area contributed by atoms with Crippen molar-refractivity contribution in [1.29, 1.82) is 0 Å². The maximum atomic E-state index is 5.96. The van der Waals surface area contributed by atoms with Gasteiger partial charge >= 0.3 is 0 Å². The fourth-order valence-corrected chi connectivity index (χ4v) is 2.35. The van der Waals surface area contributed by atoms with E-state index in [1.807, 2.05) is 42.1 Å². The predicted molar refractivity (Wildman–Crippen MR) is 95.5 cm³/mol. The first kappa shape index (κ1) is 17.1. The van der Waals surface area contributed by atoms with E-state index in [9.17, 15) is 0 Å². The number of aromatic nitrogens is 2. The first-order valence-electron chi connectivity index (χ1n) is 7.00. The molecule has 0 aliphatic heterocycles. The molecule has 1 heterocycles. The van der Waals surface area contributed by atoms with Gasteiger partial charge in [-0.1, -0.05) is 35.3 Å². The van der Waals surface area contributed by atoms with Crippen LogP contribution in [0.15, 0.2) is 30.5 Å². The summed E-state index contributed by atoms with van der Waals surface area (Å²) < 4.78 is 1.85. The number of nitrogens with zero attached hydrogens (tertiary/aromatic N) is 2. The van der Waals surface area contributed by atoms with Crippen molar-refractivity contribution in [1.82, 2.24) is 20.4 Å². The van der Waals surface area contributed by atoms with Crippen molar-refractivity contribution in [3.05, 3.63) is 51.8 Å². The Morgan fingerprint density at radius 2 is 1.95 bits per heavy atom. The average molecular weight is 357 g/mol. The van der Waals surface area contributed by atoms with Gasteiger partial charge < -0.3 is 10.6 Å². The fourth-order valence-electron chi connectivity index (χ4n) is 1.90. The van der Waals surface area contributed by atoms with E-state index < -0.39 is 0 Å². The number of hydrogen-bond donors (Lipinski definition) is 2. The van der Waals surface area contributed by atoms with Crippen molar-refractivity contribution in [3.63, 3.8) is 0 Å². The summed E-state index contributed by atoms with van der Waals surface area (Å²) in [5.74, 6) is 0. The van der Waals surface area contributed by atoms with Gasteiger partial charge in [-0.15, -0.1) is 0 Å². The molecule has 0 spiro atoms. The maximum Gasteiger partial charge on any atom is 0.166 e. The summed E-state index contributed by atoms with van der Waals surface area (Å²) in [7, 11) is 0. The molecule has 1 aromatic heterocycles. The smallest absolute Gasteiger partial charge is 0.166 e. The number of thiocarbonyl (C=S) groups is 1. The average Bonchev–Trinajstić information content (AvgIpc) is 2.82. The monoisotopic (exact) mass is 356 g/mol. The van der Waals surface area contributed by atoms with Gasteiger partial charge in [-0.05, 0) is 43.3 Å². The summed E-state index contributed by atoms with van der Waals surface area (Å²) in [6, 6.07) is 7.68. The van der Waals surface area contributed by atoms with Gasteiger partial charge in [0.1, 0.15) is 0 Å². The predicted octanol–water partition coefficient (Wildman–Crippen LogP) is 3.55. The lowest BCUT2D eigenvalue weighted by molar-refractivity contribution is 0.568. The highest BCUT2D eigenvalue weighted by Gasteiger charge is 2.01. The minimum absolute atomic E-state index is 0.643. The van der Waals surface area contributed by atoms with Crippen LogP contribution in [0.1, 0.15) is 17.7 Å². The largest absolute Gasteiger partial charge is 0.363 e. The van der Waals surface area contributed by atoms with E-state index in [-0.39, 0.29) is 0 Å². The van der Waals surface area contributed by atoms with Crippen LogP contribution in [0.3, 0.4) is 0 Å². The molecule has 4 nitrogen and oxygen atoms in total. The summed E-state index contributed by atoms with van der Waals surface area (Å²) >= 11 is 17.1. The molecule has 22 heavy (non-hydrogen) atoms. The quantitative estimate of drug-likeness (QED) is 0.613. The molecule has 118 valence electrons. The topological polar surface area (TPSA) is 41.9 Å². The number of halogens is 2. The van der Waals surface area contributed by atoms with Gasteiger partial charge in [0.25, 0.3) is 0 Å². The summed E-state index contributed by atoms with van der Waals surface area (Å²) in [5.41, 5.74) is 1.99. The number of benzene rings is 1. The fraction of sp³-hybridized carbons (Fsp3) is 0.333. The second kappa shape index (κ2) is 8.36. The Labute approximate surface area is 145 Å². The van der Waals surface area contributed by atoms with Gasteiger partial charge in [-0.2, -0.15) is 5.10 Å². The highest BCUT2D eigenvalue weighted by molar-refractivity contribution is 7.80. The minimum atomic E-state index is 0.643. The number of hydrogen-bond acceptors (Lipinski definition) is 2. The molecule has 7 heteroatoms. The Morgan fingerprint density at radius 3 is 2.59 bits per heavy atom. The Hall–Kier alpha value is -1.30. The zero-order valence-electron chi connectivity index (χ0n) is 12.3. The number of rotatable bonds is 6. The third-order valence-corrected chi connectivity index (χ3v) is 4.01.